The van der Waals surface area contributed by atoms with Gasteiger partial charge in [0, 0.05) is 25.7 Å². The Morgan fingerprint density at radius 3 is 2.34 bits per heavy atom. The first kappa shape index (κ1) is 20.8. The number of nitrogens with one attached hydrogen (secondary N) is 1. The van der Waals surface area contributed by atoms with E-state index in [1.54, 1.807) is 0 Å². The number of hydrogen-bond acceptors (Lipinski definition) is 4. The van der Waals surface area contributed by atoms with Crippen LogP contribution in [0.3, 0.4) is 0 Å². The number of benzene rings is 1. The van der Waals surface area contributed by atoms with Gasteiger partial charge >= 0.3 is 0 Å². The molecule has 1 spiro atoms. The van der Waals surface area contributed by atoms with Crippen molar-refractivity contribution in [2.24, 2.45) is 5.41 Å². The maximum Gasteiger partial charge on any atom is 0.226 e. The summed E-state index contributed by atoms with van der Waals surface area (Å²) < 4.78 is 25.0. The van der Waals surface area contributed by atoms with Gasteiger partial charge in [0.25, 0.3) is 0 Å². The smallest absolute Gasteiger partial charge is 0.226 e. The topological polar surface area (TPSA) is 69.7 Å². The zero-order valence-electron chi connectivity index (χ0n) is 17.3. The summed E-state index contributed by atoms with van der Waals surface area (Å²) in [6, 6.07) is 11.0. The Labute approximate surface area is 174 Å². The van der Waals surface area contributed by atoms with Crippen LogP contribution in [0.5, 0.6) is 0 Å². The second-order valence-electron chi connectivity index (χ2n) is 9.13. The van der Waals surface area contributed by atoms with Crippen LogP contribution < -0.4 is 5.32 Å². The molecular weight excluding hydrogens is 386 g/mol. The fraction of sp³-hybridized carbons (Fsp3) is 0.682. The van der Waals surface area contributed by atoms with Crippen LogP contribution in [0.15, 0.2) is 30.3 Å². The Bertz CT molecular complexity index is 811. The Morgan fingerprint density at radius 1 is 1.07 bits per heavy atom. The SMILES string of the molecule is CS(=O)(=O)N1CCC2(CC1)CC(CCN1CCC(c3ccccc3)CC1)NC2=O. The van der Waals surface area contributed by atoms with Crippen molar-refractivity contribution < 1.29 is 13.2 Å². The van der Waals surface area contributed by atoms with E-state index < -0.39 is 10.0 Å². The molecule has 0 aliphatic carbocycles. The lowest BCUT2D eigenvalue weighted by molar-refractivity contribution is -0.129. The van der Waals surface area contributed by atoms with Gasteiger partial charge in [0.1, 0.15) is 0 Å². The number of carbonyl (C=O) groups is 1. The molecule has 1 aromatic carbocycles. The highest BCUT2D eigenvalue weighted by Gasteiger charge is 2.48. The third-order valence-corrected chi connectivity index (χ3v) is 8.56. The summed E-state index contributed by atoms with van der Waals surface area (Å²) in [4.78, 5) is 15.2. The minimum Gasteiger partial charge on any atom is -0.353 e. The zero-order valence-corrected chi connectivity index (χ0v) is 18.2. The van der Waals surface area contributed by atoms with E-state index in [2.05, 4.69) is 40.5 Å². The van der Waals surface area contributed by atoms with E-state index in [1.807, 2.05) is 0 Å². The van der Waals surface area contributed by atoms with Gasteiger partial charge in [-0.3, -0.25) is 4.79 Å². The third-order valence-electron chi connectivity index (χ3n) is 7.25. The Morgan fingerprint density at radius 2 is 1.72 bits per heavy atom. The molecule has 1 amide bonds. The number of nitrogens with zero attached hydrogens (tertiary/aromatic N) is 2. The highest BCUT2D eigenvalue weighted by atomic mass is 32.2. The van der Waals surface area contributed by atoms with Crippen molar-refractivity contribution in [1.82, 2.24) is 14.5 Å². The molecule has 3 aliphatic rings. The number of piperidine rings is 2. The summed E-state index contributed by atoms with van der Waals surface area (Å²) in [7, 11) is -3.16. The monoisotopic (exact) mass is 419 g/mol. The normalized spacial score (nSPS) is 26.7. The van der Waals surface area contributed by atoms with Gasteiger partial charge in [-0.05, 0) is 63.1 Å². The first-order valence-corrected chi connectivity index (χ1v) is 12.7. The summed E-state index contributed by atoms with van der Waals surface area (Å²) in [5, 5.41) is 3.21. The average molecular weight is 420 g/mol. The molecule has 1 atom stereocenters. The van der Waals surface area contributed by atoms with Crippen LogP contribution in [-0.4, -0.2) is 68.6 Å². The average Bonchev–Trinajstić information content (AvgIpc) is 3.02. The highest BCUT2D eigenvalue weighted by molar-refractivity contribution is 7.88. The lowest BCUT2D eigenvalue weighted by Gasteiger charge is -2.36. The molecule has 0 bridgehead atoms. The molecule has 3 saturated heterocycles. The second-order valence-corrected chi connectivity index (χ2v) is 11.1. The summed E-state index contributed by atoms with van der Waals surface area (Å²) >= 11 is 0. The maximum atomic E-state index is 12.7. The molecule has 1 unspecified atom stereocenters. The first-order valence-electron chi connectivity index (χ1n) is 10.9. The molecule has 0 aromatic heterocycles. The summed E-state index contributed by atoms with van der Waals surface area (Å²) in [6.07, 6.45) is 6.78. The summed E-state index contributed by atoms with van der Waals surface area (Å²) in [5.41, 5.74) is 1.10. The molecule has 6 nitrogen and oxygen atoms in total. The predicted octanol–water partition coefficient (Wildman–Crippen LogP) is 2.19. The minimum atomic E-state index is -3.16. The molecule has 1 aromatic rings. The van der Waals surface area contributed by atoms with Crippen LogP contribution in [0.25, 0.3) is 0 Å². The largest absolute Gasteiger partial charge is 0.353 e. The number of amides is 1. The zero-order chi connectivity index (χ0) is 20.5. The molecule has 3 fully saturated rings. The Kier molecular flexibility index (Phi) is 6.00. The van der Waals surface area contributed by atoms with Crippen molar-refractivity contribution in [2.45, 2.75) is 50.5 Å². The molecule has 160 valence electrons. The van der Waals surface area contributed by atoms with E-state index in [-0.39, 0.29) is 17.4 Å². The minimum absolute atomic E-state index is 0.137. The first-order chi connectivity index (χ1) is 13.9. The highest BCUT2D eigenvalue weighted by Crippen LogP contribution is 2.41. The van der Waals surface area contributed by atoms with Gasteiger partial charge in [-0.15, -0.1) is 0 Å². The van der Waals surface area contributed by atoms with E-state index >= 15 is 0 Å². The van der Waals surface area contributed by atoms with E-state index in [1.165, 1.54) is 29.0 Å². The van der Waals surface area contributed by atoms with Gasteiger partial charge in [0.2, 0.25) is 15.9 Å². The molecular formula is C22H33N3O3S. The van der Waals surface area contributed by atoms with Crippen molar-refractivity contribution in [3.8, 4) is 0 Å². The van der Waals surface area contributed by atoms with Crippen LogP contribution in [0, 0.1) is 5.41 Å². The van der Waals surface area contributed by atoms with Crippen LogP contribution in [0.1, 0.15) is 50.0 Å². The van der Waals surface area contributed by atoms with E-state index in [0.29, 0.717) is 31.8 Å². The Balaban J connectivity index is 1.23. The molecule has 0 saturated carbocycles. The van der Waals surface area contributed by atoms with Gasteiger partial charge in [0.15, 0.2) is 0 Å². The number of sulfonamides is 1. The molecule has 3 aliphatic heterocycles. The van der Waals surface area contributed by atoms with Crippen LogP contribution in [0.2, 0.25) is 0 Å². The second kappa shape index (κ2) is 8.36. The van der Waals surface area contributed by atoms with Gasteiger partial charge in [-0.2, -0.15) is 0 Å². The van der Waals surface area contributed by atoms with Crippen LogP contribution in [0.4, 0.5) is 0 Å². The summed E-state index contributed by atoms with van der Waals surface area (Å²) in [5.74, 6) is 0.806. The molecule has 7 heteroatoms. The molecule has 29 heavy (non-hydrogen) atoms. The van der Waals surface area contributed by atoms with Gasteiger partial charge in [0.05, 0.1) is 11.7 Å². The van der Waals surface area contributed by atoms with E-state index in [0.717, 1.165) is 32.5 Å². The lowest BCUT2D eigenvalue weighted by atomic mass is 9.76. The van der Waals surface area contributed by atoms with Crippen molar-refractivity contribution in [2.75, 3.05) is 39.0 Å². The molecule has 4 rings (SSSR count). The number of carbonyl (C=O) groups excluding carboxylic acids is 1. The van der Waals surface area contributed by atoms with Gasteiger partial charge < -0.3 is 10.2 Å². The van der Waals surface area contributed by atoms with Crippen LogP contribution >= 0.6 is 0 Å². The number of rotatable bonds is 5. The maximum absolute atomic E-state index is 12.7. The van der Waals surface area contributed by atoms with Crippen molar-refractivity contribution >= 4 is 15.9 Å². The molecule has 1 N–H and O–H groups in total. The van der Waals surface area contributed by atoms with Crippen LogP contribution in [-0.2, 0) is 14.8 Å². The molecule has 0 radical (unpaired) electrons. The standard InChI is InChI=1S/C22H33N3O3S/c1-29(27,28)25-15-10-22(11-16-25)17-20(23-21(22)26)9-14-24-12-7-19(8-13-24)18-5-3-2-4-6-18/h2-6,19-20H,7-17H2,1H3,(H,23,26). The van der Waals surface area contributed by atoms with Gasteiger partial charge in [-0.25, -0.2) is 12.7 Å². The van der Waals surface area contributed by atoms with E-state index in [4.69, 9.17) is 0 Å². The molecule has 3 heterocycles. The lowest BCUT2D eigenvalue weighted by Crippen LogP contribution is -2.45. The van der Waals surface area contributed by atoms with Crippen molar-refractivity contribution in [3.63, 3.8) is 0 Å². The fourth-order valence-electron chi connectivity index (χ4n) is 5.36. The van der Waals surface area contributed by atoms with Gasteiger partial charge in [-0.1, -0.05) is 30.3 Å². The van der Waals surface area contributed by atoms with Crippen molar-refractivity contribution in [1.29, 1.82) is 0 Å². The predicted molar refractivity (Wildman–Crippen MR) is 114 cm³/mol. The third kappa shape index (κ3) is 4.67. The summed E-state index contributed by atoms with van der Waals surface area (Å²) in [6.45, 7) is 4.19. The van der Waals surface area contributed by atoms with Crippen molar-refractivity contribution in [3.05, 3.63) is 35.9 Å². The Hall–Kier alpha value is -1.44. The number of likely N-dealkylation sites (tertiary alicyclic amines) is 1. The van der Waals surface area contributed by atoms with E-state index in [9.17, 15) is 13.2 Å². The quantitative estimate of drug-likeness (QED) is 0.794. The fourth-order valence-corrected chi connectivity index (χ4v) is 6.20. The number of hydrogen-bond donors (Lipinski definition) is 1.